The number of aryl methyl sites for hydroxylation is 1. The van der Waals surface area contributed by atoms with Crippen LogP contribution in [0.3, 0.4) is 0 Å². The Labute approximate surface area is 147 Å². The summed E-state index contributed by atoms with van der Waals surface area (Å²) in [6.07, 6.45) is 6.07. The average molecular weight is 347 g/mol. The smallest absolute Gasteiger partial charge is 0.205 e. The fourth-order valence-electron chi connectivity index (χ4n) is 3.07. The summed E-state index contributed by atoms with van der Waals surface area (Å²) >= 11 is 1.52. The quantitative estimate of drug-likeness (QED) is 0.885. The molecular weight excluding hydrogens is 322 g/mol. The van der Waals surface area contributed by atoms with Crippen molar-refractivity contribution >= 4 is 22.5 Å². The van der Waals surface area contributed by atoms with E-state index in [1.807, 2.05) is 0 Å². The van der Waals surface area contributed by atoms with Gasteiger partial charge in [0.1, 0.15) is 17.5 Å². The second kappa shape index (κ2) is 7.85. The third kappa shape index (κ3) is 4.18. The van der Waals surface area contributed by atoms with E-state index in [0.29, 0.717) is 11.9 Å². The lowest BCUT2D eigenvalue weighted by molar-refractivity contribution is 0.212. The summed E-state index contributed by atoms with van der Waals surface area (Å²) in [7, 11) is 2.15. The van der Waals surface area contributed by atoms with E-state index in [4.69, 9.17) is 5.73 Å². The van der Waals surface area contributed by atoms with Gasteiger partial charge < -0.3 is 10.6 Å². The monoisotopic (exact) mass is 347 g/mol. The van der Waals surface area contributed by atoms with Crippen molar-refractivity contribution in [3.05, 3.63) is 23.9 Å². The van der Waals surface area contributed by atoms with Gasteiger partial charge in [0.25, 0.3) is 0 Å². The zero-order chi connectivity index (χ0) is 16.9. The second-order valence-corrected chi connectivity index (χ2v) is 6.96. The molecule has 8 heteroatoms. The van der Waals surface area contributed by atoms with Gasteiger partial charge in [0.05, 0.1) is 6.54 Å². The van der Waals surface area contributed by atoms with Gasteiger partial charge in [0.15, 0.2) is 0 Å². The molecule has 0 aromatic carbocycles. The Morgan fingerprint density at radius 1 is 1.29 bits per heavy atom. The summed E-state index contributed by atoms with van der Waals surface area (Å²) in [6.45, 7) is 4.90. The molecular formula is C16H25N7S. The van der Waals surface area contributed by atoms with Gasteiger partial charge >= 0.3 is 0 Å². The van der Waals surface area contributed by atoms with Crippen LogP contribution in [0.4, 0.5) is 10.9 Å². The van der Waals surface area contributed by atoms with E-state index in [9.17, 15) is 0 Å². The molecule has 24 heavy (non-hydrogen) atoms. The first kappa shape index (κ1) is 17.0. The number of nitrogens with two attached hydrogens (primary N) is 1. The third-order valence-electron chi connectivity index (χ3n) is 4.48. The van der Waals surface area contributed by atoms with E-state index >= 15 is 0 Å². The number of hydrogen-bond donors (Lipinski definition) is 1. The van der Waals surface area contributed by atoms with Crippen LogP contribution >= 0.6 is 11.5 Å². The van der Waals surface area contributed by atoms with Crippen LogP contribution in [-0.4, -0.2) is 50.4 Å². The molecule has 2 aromatic rings. The van der Waals surface area contributed by atoms with Crippen LogP contribution in [-0.2, 0) is 13.0 Å². The fraction of sp³-hybridized carbons (Fsp3) is 0.625. The first-order valence-electron chi connectivity index (χ1n) is 8.51. The maximum Gasteiger partial charge on any atom is 0.205 e. The Bertz CT molecular complexity index is 659. The molecule has 0 aliphatic carbocycles. The molecule has 130 valence electrons. The van der Waals surface area contributed by atoms with Gasteiger partial charge in [-0.1, -0.05) is 6.92 Å². The molecule has 1 atom stereocenters. The van der Waals surface area contributed by atoms with Gasteiger partial charge in [-0.05, 0) is 32.4 Å². The first-order chi connectivity index (χ1) is 11.7. The molecule has 0 radical (unpaired) electrons. The van der Waals surface area contributed by atoms with Crippen LogP contribution in [0.1, 0.15) is 37.8 Å². The molecule has 2 N–H and O–H groups in total. The second-order valence-electron chi connectivity index (χ2n) is 6.23. The van der Waals surface area contributed by atoms with Crippen LogP contribution in [0.2, 0.25) is 0 Å². The normalized spacial score (nSPS) is 18.8. The van der Waals surface area contributed by atoms with Crippen molar-refractivity contribution < 1.29 is 0 Å². The lowest BCUT2D eigenvalue weighted by Gasteiger charge is -2.26. The van der Waals surface area contributed by atoms with E-state index in [2.05, 4.69) is 43.1 Å². The predicted octanol–water partition coefficient (Wildman–Crippen LogP) is 1.96. The minimum absolute atomic E-state index is 0.526. The van der Waals surface area contributed by atoms with Crippen molar-refractivity contribution in [2.75, 3.05) is 30.8 Å². The van der Waals surface area contributed by atoms with Crippen LogP contribution in [0, 0.1) is 0 Å². The standard InChI is InChI=1S/C16H25N7S/c1-3-14-20-16(24-21-14)23-9-4-5-12(7-10-23)22(2)11-15-18-8-6-13(17)19-15/h6,8,12H,3-5,7,9-11H2,1-2H3,(H2,17,18,19)/t12-/m1/s1. The SMILES string of the molecule is CCc1nsc(N2CCC[C@@H](N(C)Cc3nccc(N)n3)CC2)n1. The number of aromatic nitrogens is 4. The van der Waals surface area contributed by atoms with Crippen molar-refractivity contribution in [3.8, 4) is 0 Å². The summed E-state index contributed by atoms with van der Waals surface area (Å²) in [5.74, 6) is 2.27. The largest absolute Gasteiger partial charge is 0.384 e. The molecule has 0 spiro atoms. The molecule has 7 nitrogen and oxygen atoms in total. The Balaban J connectivity index is 1.58. The van der Waals surface area contributed by atoms with E-state index in [0.717, 1.165) is 55.7 Å². The van der Waals surface area contributed by atoms with Crippen molar-refractivity contribution in [2.24, 2.45) is 0 Å². The van der Waals surface area contributed by atoms with Crippen molar-refractivity contribution in [2.45, 2.75) is 45.2 Å². The van der Waals surface area contributed by atoms with Crippen molar-refractivity contribution in [1.82, 2.24) is 24.2 Å². The summed E-state index contributed by atoms with van der Waals surface area (Å²) in [5.41, 5.74) is 5.75. The summed E-state index contributed by atoms with van der Waals surface area (Å²) in [4.78, 5) is 18.0. The number of nitrogen functional groups attached to an aromatic ring is 1. The molecule has 1 saturated heterocycles. The molecule has 0 saturated carbocycles. The Kier molecular flexibility index (Phi) is 5.57. The van der Waals surface area contributed by atoms with Gasteiger partial charge in [-0.2, -0.15) is 4.37 Å². The zero-order valence-electron chi connectivity index (χ0n) is 14.4. The van der Waals surface area contributed by atoms with Gasteiger partial charge in [0.2, 0.25) is 5.13 Å². The van der Waals surface area contributed by atoms with Crippen LogP contribution in [0.5, 0.6) is 0 Å². The van der Waals surface area contributed by atoms with Gasteiger partial charge in [-0.15, -0.1) is 0 Å². The van der Waals surface area contributed by atoms with E-state index in [-0.39, 0.29) is 0 Å². The van der Waals surface area contributed by atoms with Crippen molar-refractivity contribution in [3.63, 3.8) is 0 Å². The number of hydrogen-bond acceptors (Lipinski definition) is 8. The molecule has 2 aromatic heterocycles. The van der Waals surface area contributed by atoms with E-state index in [1.54, 1.807) is 12.3 Å². The van der Waals surface area contributed by atoms with E-state index in [1.165, 1.54) is 18.0 Å². The highest BCUT2D eigenvalue weighted by molar-refractivity contribution is 7.09. The highest BCUT2D eigenvalue weighted by Crippen LogP contribution is 2.23. The highest BCUT2D eigenvalue weighted by Gasteiger charge is 2.22. The van der Waals surface area contributed by atoms with Crippen LogP contribution < -0.4 is 10.6 Å². The molecule has 1 aliphatic heterocycles. The predicted molar refractivity (Wildman–Crippen MR) is 97.1 cm³/mol. The fourth-order valence-corrected chi connectivity index (χ4v) is 3.87. The number of anilines is 2. The summed E-state index contributed by atoms with van der Waals surface area (Å²) in [6, 6.07) is 2.25. The molecule has 0 unspecified atom stereocenters. The average Bonchev–Trinajstić information content (AvgIpc) is 2.91. The van der Waals surface area contributed by atoms with Gasteiger partial charge in [-0.25, -0.2) is 15.0 Å². The maximum absolute atomic E-state index is 5.75. The first-order valence-corrected chi connectivity index (χ1v) is 9.28. The summed E-state index contributed by atoms with van der Waals surface area (Å²) in [5, 5.41) is 1.06. The van der Waals surface area contributed by atoms with Crippen LogP contribution in [0.15, 0.2) is 12.3 Å². The molecule has 0 amide bonds. The van der Waals surface area contributed by atoms with E-state index < -0.39 is 0 Å². The Hall–Kier alpha value is -1.80. The molecule has 1 fully saturated rings. The van der Waals surface area contributed by atoms with Crippen molar-refractivity contribution in [1.29, 1.82) is 0 Å². The third-order valence-corrected chi connectivity index (χ3v) is 5.30. The molecule has 3 rings (SSSR count). The van der Waals surface area contributed by atoms with Gasteiger partial charge in [0, 0.05) is 43.3 Å². The Morgan fingerprint density at radius 3 is 2.92 bits per heavy atom. The number of nitrogens with zero attached hydrogens (tertiary/aromatic N) is 6. The number of rotatable bonds is 5. The molecule has 0 bridgehead atoms. The maximum atomic E-state index is 5.75. The minimum Gasteiger partial charge on any atom is -0.384 e. The Morgan fingerprint density at radius 2 is 2.17 bits per heavy atom. The lowest BCUT2D eigenvalue weighted by Crippen LogP contribution is -2.33. The lowest BCUT2D eigenvalue weighted by atomic mass is 10.1. The van der Waals surface area contributed by atoms with Crippen LogP contribution in [0.25, 0.3) is 0 Å². The molecule has 1 aliphatic rings. The molecule has 3 heterocycles. The highest BCUT2D eigenvalue weighted by atomic mass is 32.1. The minimum atomic E-state index is 0.526. The van der Waals surface area contributed by atoms with Gasteiger partial charge in [-0.3, -0.25) is 4.90 Å². The summed E-state index contributed by atoms with van der Waals surface area (Å²) < 4.78 is 4.41. The zero-order valence-corrected chi connectivity index (χ0v) is 15.2. The topological polar surface area (TPSA) is 84.1 Å².